The molecular weight excluding hydrogens is 799 g/mol. The highest BCUT2D eigenvalue weighted by Crippen LogP contribution is 2.32. The van der Waals surface area contributed by atoms with Crippen LogP contribution in [0.25, 0.3) is 10.2 Å². The van der Waals surface area contributed by atoms with Crippen molar-refractivity contribution in [2.24, 2.45) is 16.9 Å². The molecule has 5 rings (SSSR count). The first-order valence-corrected chi connectivity index (χ1v) is 22.1. The van der Waals surface area contributed by atoms with Crippen LogP contribution in [-0.2, 0) is 33.3 Å². The van der Waals surface area contributed by atoms with Crippen molar-refractivity contribution in [3.8, 4) is 17.2 Å². The monoisotopic (exact) mass is 857 g/mol. The van der Waals surface area contributed by atoms with Crippen LogP contribution in [0.15, 0.2) is 84.5 Å². The molecule has 0 amide bonds. The Labute approximate surface area is 363 Å². The predicted molar refractivity (Wildman–Crippen MR) is 237 cm³/mol. The third-order valence-electron chi connectivity index (χ3n) is 10.0. The van der Waals surface area contributed by atoms with E-state index in [-0.39, 0.29) is 30.4 Å². The molecule has 328 valence electrons. The molecule has 14 heteroatoms. The summed E-state index contributed by atoms with van der Waals surface area (Å²) in [5.74, 6) is 1.30. The number of hydrogen-bond donors (Lipinski definition) is 0. The Morgan fingerprint density at radius 3 is 2.30 bits per heavy atom. The van der Waals surface area contributed by atoms with Crippen molar-refractivity contribution in [3.63, 3.8) is 0 Å². The van der Waals surface area contributed by atoms with E-state index in [0.29, 0.717) is 70.9 Å². The normalized spacial score (nSPS) is 15.0. The summed E-state index contributed by atoms with van der Waals surface area (Å²) in [7, 11) is 0. The topological polar surface area (TPSA) is 144 Å². The molecule has 1 heterocycles. The van der Waals surface area contributed by atoms with Gasteiger partial charge < -0.3 is 33.2 Å². The average Bonchev–Trinajstić information content (AvgIpc) is 3.72. The molecule has 0 saturated heterocycles. The van der Waals surface area contributed by atoms with Gasteiger partial charge in [-0.25, -0.2) is 14.8 Å². The maximum atomic E-state index is 13.1. The molecule has 0 spiro atoms. The van der Waals surface area contributed by atoms with E-state index in [1.165, 1.54) is 6.08 Å². The Balaban J connectivity index is 1.05. The molecule has 1 saturated carbocycles. The summed E-state index contributed by atoms with van der Waals surface area (Å²) in [6, 6.07) is 21.3. The summed E-state index contributed by atoms with van der Waals surface area (Å²) >= 11 is 1.57. The summed E-state index contributed by atoms with van der Waals surface area (Å²) in [6.45, 7) is 10.9. The van der Waals surface area contributed by atoms with Gasteiger partial charge in [0.1, 0.15) is 23.9 Å². The van der Waals surface area contributed by atoms with Crippen molar-refractivity contribution in [2.45, 2.75) is 71.6 Å². The fourth-order valence-corrected chi connectivity index (χ4v) is 7.50. The average molecular weight is 858 g/mol. The van der Waals surface area contributed by atoms with Gasteiger partial charge in [0.05, 0.1) is 75.1 Å². The Hall–Kier alpha value is -5.31. The summed E-state index contributed by atoms with van der Waals surface area (Å²) in [6.07, 6.45) is 10.2. The van der Waals surface area contributed by atoms with Crippen LogP contribution in [0.5, 0.6) is 17.2 Å². The lowest BCUT2D eigenvalue weighted by Gasteiger charge is -2.27. The van der Waals surface area contributed by atoms with Crippen molar-refractivity contribution >= 4 is 50.8 Å². The minimum atomic E-state index is -0.390. The Bertz CT molecular complexity index is 1960. The Morgan fingerprint density at radius 2 is 1.54 bits per heavy atom. The first-order valence-electron chi connectivity index (χ1n) is 21.3. The highest BCUT2D eigenvalue weighted by Gasteiger charge is 2.28. The van der Waals surface area contributed by atoms with E-state index in [0.717, 1.165) is 89.3 Å². The number of thiazole rings is 1. The third kappa shape index (κ3) is 16.6. The number of benzene rings is 3. The first-order chi connectivity index (χ1) is 29.8. The molecule has 1 fully saturated rings. The van der Waals surface area contributed by atoms with E-state index >= 15 is 0 Å². The number of carbonyl (C=O) groups excluding carboxylic acids is 3. The van der Waals surface area contributed by atoms with Crippen LogP contribution in [0.2, 0.25) is 0 Å². The summed E-state index contributed by atoms with van der Waals surface area (Å²) in [5, 5.41) is 7.50. The van der Waals surface area contributed by atoms with E-state index in [4.69, 9.17) is 43.2 Å². The number of para-hydroxylation sites is 1. The first kappa shape index (κ1) is 46.8. The molecule has 1 aliphatic rings. The van der Waals surface area contributed by atoms with Crippen LogP contribution in [0.1, 0.15) is 75.8 Å². The predicted octanol–water partition coefficient (Wildman–Crippen LogP) is 8.89. The summed E-state index contributed by atoms with van der Waals surface area (Å²) < 4.78 is 40.5. The number of esters is 3. The lowest BCUT2D eigenvalue weighted by molar-refractivity contribution is -0.145. The van der Waals surface area contributed by atoms with Crippen LogP contribution < -0.4 is 19.2 Å². The maximum absolute atomic E-state index is 13.1. The van der Waals surface area contributed by atoms with Crippen molar-refractivity contribution in [1.82, 2.24) is 4.98 Å². The van der Waals surface area contributed by atoms with Gasteiger partial charge >= 0.3 is 17.9 Å². The zero-order valence-electron chi connectivity index (χ0n) is 35.4. The second-order valence-corrected chi connectivity index (χ2v) is 15.7. The Morgan fingerprint density at radius 1 is 0.820 bits per heavy atom. The molecule has 3 aromatic carbocycles. The number of hydrogen-bond acceptors (Lipinski definition) is 14. The maximum Gasteiger partial charge on any atom is 0.330 e. The van der Waals surface area contributed by atoms with E-state index in [9.17, 15) is 14.4 Å². The van der Waals surface area contributed by atoms with E-state index < -0.39 is 0 Å². The second kappa shape index (κ2) is 26.1. The van der Waals surface area contributed by atoms with E-state index in [1.807, 2.05) is 66.7 Å². The van der Waals surface area contributed by atoms with Crippen LogP contribution in [0.4, 0.5) is 5.13 Å². The molecule has 0 bridgehead atoms. The molecule has 4 aromatic rings. The second-order valence-electron chi connectivity index (χ2n) is 14.7. The molecule has 0 atom stereocenters. The van der Waals surface area contributed by atoms with Crippen LogP contribution in [0, 0.1) is 18.8 Å². The molecule has 1 aliphatic carbocycles. The summed E-state index contributed by atoms with van der Waals surface area (Å²) in [4.78, 5) is 40.3. The lowest BCUT2D eigenvalue weighted by atomic mass is 9.82. The largest absolute Gasteiger partial charge is 0.494 e. The number of unbranched alkanes of at least 4 members (excludes halogenated alkanes) is 3. The minimum Gasteiger partial charge on any atom is -0.494 e. The molecular formula is C47H59N3O10S. The number of aromatic nitrogens is 1. The van der Waals surface area contributed by atoms with Gasteiger partial charge in [0.25, 0.3) is 0 Å². The quantitative estimate of drug-likeness (QED) is 0.0141. The number of aryl methyl sites for hydroxylation is 1. The van der Waals surface area contributed by atoms with Crippen molar-refractivity contribution < 1.29 is 47.5 Å². The molecule has 61 heavy (non-hydrogen) atoms. The number of ether oxygens (including phenoxy) is 7. The van der Waals surface area contributed by atoms with Gasteiger partial charge in [-0.05, 0) is 113 Å². The third-order valence-corrected chi connectivity index (χ3v) is 11.1. The number of fused-ring (bicyclic) bond motifs is 1. The molecule has 0 N–H and O–H groups in total. The fourth-order valence-electron chi connectivity index (χ4n) is 6.55. The fraction of sp³-hybridized carbons (Fsp3) is 0.468. The molecule has 0 unspecified atom stereocenters. The molecule has 1 aromatic heterocycles. The summed E-state index contributed by atoms with van der Waals surface area (Å²) in [5.41, 5.74) is 2.85. The van der Waals surface area contributed by atoms with Gasteiger partial charge in [-0.3, -0.25) is 9.59 Å². The Kier molecular flexibility index (Phi) is 20.0. The van der Waals surface area contributed by atoms with Gasteiger partial charge in [0, 0.05) is 18.1 Å². The number of hydrazone groups is 1. The van der Waals surface area contributed by atoms with Gasteiger partial charge in [0.15, 0.2) is 0 Å². The zero-order valence-corrected chi connectivity index (χ0v) is 36.2. The van der Waals surface area contributed by atoms with Crippen molar-refractivity contribution in [2.75, 3.05) is 64.4 Å². The highest BCUT2D eigenvalue weighted by atomic mass is 32.1. The number of anilines is 1. The number of nitrogens with zero attached hydrogens (tertiary/aromatic N) is 3. The van der Waals surface area contributed by atoms with Crippen LogP contribution in [0.3, 0.4) is 0 Å². The van der Waals surface area contributed by atoms with Crippen LogP contribution >= 0.6 is 11.3 Å². The smallest absolute Gasteiger partial charge is 0.330 e. The molecule has 0 aliphatic heterocycles. The minimum absolute atomic E-state index is 0.156. The van der Waals surface area contributed by atoms with Gasteiger partial charge in [-0.2, -0.15) is 5.10 Å². The van der Waals surface area contributed by atoms with Crippen molar-refractivity contribution in [1.29, 1.82) is 0 Å². The lowest BCUT2D eigenvalue weighted by Crippen LogP contribution is -2.27. The van der Waals surface area contributed by atoms with Gasteiger partial charge in [-0.1, -0.05) is 48.6 Å². The van der Waals surface area contributed by atoms with E-state index in [2.05, 4.69) is 12.6 Å². The standard InChI is InChI=1S/C47H59N3O10S/c1-4-44(51)57-26-11-7-6-10-25-56-39-19-21-40(22-20-39)60-46(53)37-17-15-36(16-18-37)34-59-42-23-14-35(3)32-38(42)33-48-50(47-49-41-12-8-9-13-43(41)61-47)24-27-54-28-29-55-30-31-58-45(52)5-2/h4,8-9,12-14,19-23,32-33,36-37H,1,5-7,10-11,15-18,24-31,34H2,2-3H3/b48-33+. The SMILES string of the molecule is C=CC(=O)OCCCCCCOc1ccc(OC(=O)C2CCC(COc3ccc(C)cc3/C=N/N(CCOCCOCCOC(=O)CC)c3nc4ccccc4s3)CC2)cc1. The van der Waals surface area contributed by atoms with Crippen molar-refractivity contribution in [3.05, 3.63) is 90.5 Å². The number of rotatable bonds is 27. The molecule has 0 radical (unpaired) electrons. The van der Waals surface area contributed by atoms with Crippen LogP contribution in [-0.4, -0.2) is 88.5 Å². The van der Waals surface area contributed by atoms with Gasteiger partial charge in [0.2, 0.25) is 5.13 Å². The number of carbonyl (C=O) groups is 3. The van der Waals surface area contributed by atoms with Gasteiger partial charge in [-0.15, -0.1) is 0 Å². The highest BCUT2D eigenvalue weighted by molar-refractivity contribution is 7.22. The molecule has 13 nitrogen and oxygen atoms in total. The van der Waals surface area contributed by atoms with E-state index in [1.54, 1.807) is 30.4 Å². The zero-order chi connectivity index (χ0) is 43.1.